The van der Waals surface area contributed by atoms with Crippen LogP contribution in [0.25, 0.3) is 0 Å². The number of hydrogen-bond donors (Lipinski definition) is 1. The molecule has 0 unspecified atom stereocenters. The molecule has 0 spiro atoms. The molecule has 2 heterocycles. The first kappa shape index (κ1) is 13.5. The molecule has 1 aliphatic rings. The summed E-state index contributed by atoms with van der Waals surface area (Å²) in [4.78, 5) is 22.3. The van der Waals surface area contributed by atoms with E-state index in [0.29, 0.717) is 11.4 Å². The van der Waals surface area contributed by atoms with Crippen LogP contribution in [0, 0.1) is 5.82 Å². The summed E-state index contributed by atoms with van der Waals surface area (Å²) in [6.45, 7) is 1.55. The summed E-state index contributed by atoms with van der Waals surface area (Å²) in [5.41, 5.74) is 0.895. The molecular formula is C15H15FN4O. The second kappa shape index (κ2) is 5.87. The van der Waals surface area contributed by atoms with Gasteiger partial charge in [0.15, 0.2) is 0 Å². The number of likely N-dealkylation sites (tertiary alicyclic amines) is 1. The summed E-state index contributed by atoms with van der Waals surface area (Å²) in [7, 11) is 0. The second-order valence-electron chi connectivity index (χ2n) is 4.90. The van der Waals surface area contributed by atoms with Crippen LogP contribution in [0.2, 0.25) is 0 Å². The lowest BCUT2D eigenvalue weighted by molar-refractivity contribution is 0.0787. The van der Waals surface area contributed by atoms with E-state index < -0.39 is 0 Å². The van der Waals surface area contributed by atoms with Crippen molar-refractivity contribution < 1.29 is 9.18 Å². The quantitative estimate of drug-likeness (QED) is 0.942. The number of nitrogens with one attached hydrogen (secondary N) is 1. The smallest absolute Gasteiger partial charge is 0.272 e. The van der Waals surface area contributed by atoms with Crippen molar-refractivity contribution in [3.8, 4) is 0 Å². The summed E-state index contributed by atoms with van der Waals surface area (Å²) < 4.78 is 13.1. The maximum absolute atomic E-state index is 13.1. The second-order valence-corrected chi connectivity index (χ2v) is 4.90. The third kappa shape index (κ3) is 3.16. The lowest BCUT2D eigenvalue weighted by atomic mass is 10.3. The first-order chi connectivity index (χ1) is 10.2. The van der Waals surface area contributed by atoms with E-state index >= 15 is 0 Å². The minimum Gasteiger partial charge on any atom is -0.337 e. The average Bonchev–Trinajstić information content (AvgIpc) is 3.01. The highest BCUT2D eigenvalue weighted by atomic mass is 19.1. The van der Waals surface area contributed by atoms with Crippen LogP contribution in [0.1, 0.15) is 23.3 Å². The summed E-state index contributed by atoms with van der Waals surface area (Å²) >= 11 is 0. The minimum atomic E-state index is -0.343. The molecule has 21 heavy (non-hydrogen) atoms. The van der Waals surface area contributed by atoms with Gasteiger partial charge in [0.05, 0.1) is 0 Å². The molecule has 2 aromatic rings. The van der Waals surface area contributed by atoms with Crippen LogP contribution < -0.4 is 5.32 Å². The number of benzene rings is 1. The molecule has 0 bridgehead atoms. The highest BCUT2D eigenvalue weighted by Crippen LogP contribution is 2.16. The van der Waals surface area contributed by atoms with Gasteiger partial charge in [-0.25, -0.2) is 14.4 Å². The van der Waals surface area contributed by atoms with Gasteiger partial charge < -0.3 is 10.2 Å². The van der Waals surface area contributed by atoms with E-state index in [9.17, 15) is 9.18 Å². The van der Waals surface area contributed by atoms with Gasteiger partial charge in [-0.3, -0.25) is 4.79 Å². The molecule has 5 nitrogen and oxygen atoms in total. The topological polar surface area (TPSA) is 58.1 Å². The monoisotopic (exact) mass is 286 g/mol. The van der Waals surface area contributed by atoms with Gasteiger partial charge in [-0.1, -0.05) is 6.07 Å². The molecule has 0 saturated carbocycles. The van der Waals surface area contributed by atoms with Gasteiger partial charge >= 0.3 is 0 Å². The molecule has 0 atom stereocenters. The van der Waals surface area contributed by atoms with Gasteiger partial charge in [0, 0.05) is 25.0 Å². The Bertz CT molecular complexity index is 656. The molecule has 1 aliphatic heterocycles. The summed E-state index contributed by atoms with van der Waals surface area (Å²) in [6, 6.07) is 7.60. The van der Waals surface area contributed by atoms with Crippen LogP contribution in [0.5, 0.6) is 0 Å². The normalized spacial score (nSPS) is 14.2. The first-order valence-electron chi connectivity index (χ1n) is 6.87. The van der Waals surface area contributed by atoms with Gasteiger partial charge in [-0.2, -0.15) is 0 Å². The van der Waals surface area contributed by atoms with Crippen molar-refractivity contribution >= 4 is 17.5 Å². The molecule has 0 aliphatic carbocycles. The Kier molecular flexibility index (Phi) is 3.77. The fourth-order valence-electron chi connectivity index (χ4n) is 2.32. The van der Waals surface area contributed by atoms with Crippen molar-refractivity contribution in [2.45, 2.75) is 12.8 Å². The highest BCUT2D eigenvalue weighted by molar-refractivity contribution is 5.92. The van der Waals surface area contributed by atoms with Crippen LogP contribution in [0.15, 0.2) is 36.5 Å². The Morgan fingerprint density at radius 3 is 2.81 bits per heavy atom. The Labute approximate surface area is 121 Å². The van der Waals surface area contributed by atoms with E-state index in [1.54, 1.807) is 23.1 Å². The lowest BCUT2D eigenvalue weighted by Gasteiger charge is -2.14. The largest absolute Gasteiger partial charge is 0.337 e. The number of anilines is 2. The van der Waals surface area contributed by atoms with Crippen molar-refractivity contribution in [3.63, 3.8) is 0 Å². The maximum Gasteiger partial charge on any atom is 0.272 e. The lowest BCUT2D eigenvalue weighted by Crippen LogP contribution is -2.28. The molecule has 3 rings (SSSR count). The van der Waals surface area contributed by atoms with Gasteiger partial charge in [-0.15, -0.1) is 0 Å². The third-order valence-electron chi connectivity index (χ3n) is 3.35. The number of aromatic nitrogens is 2. The van der Waals surface area contributed by atoms with Crippen LogP contribution in [0.3, 0.4) is 0 Å². The predicted molar refractivity (Wildman–Crippen MR) is 76.9 cm³/mol. The zero-order valence-corrected chi connectivity index (χ0v) is 11.4. The number of rotatable bonds is 3. The Morgan fingerprint density at radius 2 is 2.05 bits per heavy atom. The maximum atomic E-state index is 13.1. The van der Waals surface area contributed by atoms with Crippen molar-refractivity contribution in [1.82, 2.24) is 14.9 Å². The summed E-state index contributed by atoms with van der Waals surface area (Å²) in [6.07, 6.45) is 3.59. The molecule has 108 valence electrons. The molecule has 1 aromatic carbocycles. The van der Waals surface area contributed by atoms with Crippen LogP contribution >= 0.6 is 0 Å². The number of nitrogens with zero attached hydrogens (tertiary/aromatic N) is 3. The fourth-order valence-corrected chi connectivity index (χ4v) is 2.32. The molecule has 1 amide bonds. The van der Waals surface area contributed by atoms with Crippen molar-refractivity contribution in [2.24, 2.45) is 0 Å². The van der Waals surface area contributed by atoms with Crippen molar-refractivity contribution in [3.05, 3.63) is 48.0 Å². The third-order valence-corrected chi connectivity index (χ3v) is 3.35. The number of carbonyl (C=O) groups is 1. The highest BCUT2D eigenvalue weighted by Gasteiger charge is 2.20. The number of carbonyl (C=O) groups excluding carboxylic acids is 1. The molecular weight excluding hydrogens is 271 g/mol. The number of hydrogen-bond acceptors (Lipinski definition) is 4. The standard InChI is InChI=1S/C15H15FN4O/c16-11-4-3-5-12(10-11)18-15-17-7-6-13(19-15)14(21)20-8-1-2-9-20/h3-7,10H,1-2,8-9H2,(H,17,18,19). The van der Waals surface area contributed by atoms with E-state index in [0.717, 1.165) is 25.9 Å². The molecule has 1 fully saturated rings. The van der Waals surface area contributed by atoms with E-state index in [4.69, 9.17) is 0 Å². The molecule has 1 saturated heterocycles. The summed E-state index contributed by atoms with van der Waals surface area (Å²) in [5.74, 6) is -0.146. The van der Waals surface area contributed by atoms with Gasteiger partial charge in [0.1, 0.15) is 11.5 Å². The van der Waals surface area contributed by atoms with Gasteiger partial charge in [0.2, 0.25) is 5.95 Å². The van der Waals surface area contributed by atoms with Crippen molar-refractivity contribution in [2.75, 3.05) is 18.4 Å². The minimum absolute atomic E-state index is 0.0859. The molecule has 0 radical (unpaired) electrons. The SMILES string of the molecule is O=C(c1ccnc(Nc2cccc(F)c2)n1)N1CCCC1. The Morgan fingerprint density at radius 1 is 1.24 bits per heavy atom. The molecule has 6 heteroatoms. The van der Waals surface area contributed by atoms with Crippen molar-refractivity contribution in [1.29, 1.82) is 0 Å². The van der Waals surface area contributed by atoms with Crippen LogP contribution in [-0.2, 0) is 0 Å². The Hall–Kier alpha value is -2.50. The van der Waals surface area contributed by atoms with E-state index in [2.05, 4.69) is 15.3 Å². The Balaban J connectivity index is 1.78. The van der Waals surface area contributed by atoms with E-state index in [-0.39, 0.29) is 17.7 Å². The molecule has 1 aromatic heterocycles. The average molecular weight is 286 g/mol. The fraction of sp³-hybridized carbons (Fsp3) is 0.267. The van der Waals surface area contributed by atoms with Crippen LogP contribution in [0.4, 0.5) is 16.0 Å². The van der Waals surface area contributed by atoms with Gasteiger partial charge in [-0.05, 0) is 37.1 Å². The first-order valence-corrected chi connectivity index (χ1v) is 6.87. The number of amides is 1. The van der Waals surface area contributed by atoms with Crippen LogP contribution in [-0.4, -0.2) is 33.9 Å². The zero-order valence-electron chi connectivity index (χ0n) is 11.4. The van der Waals surface area contributed by atoms with Gasteiger partial charge in [0.25, 0.3) is 5.91 Å². The summed E-state index contributed by atoms with van der Waals surface area (Å²) in [5, 5.41) is 2.90. The zero-order chi connectivity index (χ0) is 14.7. The predicted octanol–water partition coefficient (Wildman–Crippen LogP) is 2.60. The number of halogens is 1. The van der Waals surface area contributed by atoms with E-state index in [1.165, 1.54) is 18.3 Å². The van der Waals surface area contributed by atoms with E-state index in [1.807, 2.05) is 0 Å². The molecule has 1 N–H and O–H groups in total.